The number of carbonyl (C=O) groups excluding carboxylic acids is 1. The van der Waals surface area contributed by atoms with Gasteiger partial charge in [0.15, 0.2) is 0 Å². The van der Waals surface area contributed by atoms with E-state index in [0.29, 0.717) is 89.8 Å². The molecule has 4 aromatic rings. The molecule has 8 rings (SSSR count). The van der Waals surface area contributed by atoms with Crippen molar-refractivity contribution in [2.45, 2.75) is 58.9 Å². The molecule has 4 aliphatic rings. The van der Waals surface area contributed by atoms with Crippen LogP contribution in [-0.4, -0.2) is 133 Å². The summed E-state index contributed by atoms with van der Waals surface area (Å²) in [7, 11) is 0. The minimum Gasteiger partial charge on any atom is -0.462 e. The van der Waals surface area contributed by atoms with E-state index >= 15 is 4.79 Å². The Bertz CT molecular complexity index is 2030. The molecule has 4 aromatic carbocycles. The number of hydrogen-bond acceptors (Lipinski definition) is 11. The van der Waals surface area contributed by atoms with E-state index in [1.54, 1.807) is 12.5 Å². The first-order valence-corrected chi connectivity index (χ1v) is 22.9. The summed E-state index contributed by atoms with van der Waals surface area (Å²) in [6, 6.07) is 32.9. The second kappa shape index (κ2) is 21.2. The molecule has 0 spiro atoms. The van der Waals surface area contributed by atoms with Gasteiger partial charge in [-0.3, -0.25) is 29.3 Å². The number of nitrogens with zero attached hydrogens (tertiary/aromatic N) is 5. The Morgan fingerprint density at radius 1 is 0.547 bits per heavy atom. The topological polar surface area (TPSA) is 111 Å². The molecule has 4 unspecified atom stereocenters. The van der Waals surface area contributed by atoms with E-state index < -0.39 is 18.4 Å². The monoisotopic (exact) mass is 871 g/mol. The Hall–Kier alpha value is -5.21. The summed E-state index contributed by atoms with van der Waals surface area (Å²) >= 11 is 0. The minimum absolute atomic E-state index is 0.0262. The van der Waals surface area contributed by atoms with Crippen molar-refractivity contribution in [2.75, 3.05) is 83.9 Å². The number of aryl methyl sites for hydroxylation is 4. The van der Waals surface area contributed by atoms with Crippen molar-refractivity contribution in [3.05, 3.63) is 154 Å². The fourth-order valence-electron chi connectivity index (χ4n) is 9.95. The molecule has 340 valence electrons. The number of amides is 1. The lowest BCUT2D eigenvalue weighted by Gasteiger charge is -2.47. The third kappa shape index (κ3) is 10.7. The van der Waals surface area contributed by atoms with Crippen LogP contribution in [0.5, 0.6) is 0 Å². The fraction of sp³-hybridized carbons (Fsp3) is 0.442. The van der Waals surface area contributed by atoms with Crippen LogP contribution in [0.25, 0.3) is 0 Å². The number of rotatable bonds is 17. The highest BCUT2D eigenvalue weighted by molar-refractivity contribution is 6.05. The van der Waals surface area contributed by atoms with E-state index in [1.165, 1.54) is 0 Å². The maximum Gasteiger partial charge on any atom is 0.263 e. The van der Waals surface area contributed by atoms with Gasteiger partial charge in [0.1, 0.15) is 30.2 Å². The van der Waals surface area contributed by atoms with Crippen LogP contribution in [0.15, 0.2) is 121 Å². The molecule has 64 heavy (non-hydrogen) atoms. The zero-order chi connectivity index (χ0) is 44.6. The molecule has 2 fully saturated rings. The molecule has 1 amide bonds. The fourth-order valence-corrected chi connectivity index (χ4v) is 9.95. The molecule has 0 saturated carbocycles. The third-order valence-corrected chi connectivity index (χ3v) is 13.4. The van der Waals surface area contributed by atoms with Gasteiger partial charge in [-0.2, -0.15) is 0 Å². The molecule has 0 aromatic heterocycles. The van der Waals surface area contributed by atoms with Gasteiger partial charge in [-0.25, -0.2) is 0 Å². The first-order valence-electron chi connectivity index (χ1n) is 22.9. The van der Waals surface area contributed by atoms with Crippen molar-refractivity contribution in [2.24, 2.45) is 11.8 Å². The largest absolute Gasteiger partial charge is 0.462 e. The number of para-hydroxylation sites is 2. The predicted octanol–water partition coefficient (Wildman–Crippen LogP) is 6.28. The summed E-state index contributed by atoms with van der Waals surface area (Å²) in [5.41, 5.74) is 8.27. The van der Waals surface area contributed by atoms with Crippen LogP contribution < -0.4 is 4.90 Å². The van der Waals surface area contributed by atoms with E-state index in [4.69, 9.17) is 18.9 Å². The van der Waals surface area contributed by atoms with Crippen molar-refractivity contribution in [3.8, 4) is 0 Å². The first-order chi connectivity index (χ1) is 31.1. The lowest BCUT2D eigenvalue weighted by molar-refractivity contribution is -0.133. The van der Waals surface area contributed by atoms with Gasteiger partial charge in [-0.15, -0.1) is 0 Å². The van der Waals surface area contributed by atoms with E-state index in [9.17, 15) is 10.2 Å². The van der Waals surface area contributed by atoms with Gasteiger partial charge in [-0.05, 0) is 73.9 Å². The number of aliphatic hydroxyl groups is 2. The number of anilines is 2. The summed E-state index contributed by atoms with van der Waals surface area (Å²) in [5, 5.41) is 23.6. The lowest BCUT2D eigenvalue weighted by Crippen LogP contribution is -2.65. The molecule has 2 N–H and O–H groups in total. The van der Waals surface area contributed by atoms with Crippen molar-refractivity contribution in [3.63, 3.8) is 0 Å². The smallest absolute Gasteiger partial charge is 0.263 e. The van der Waals surface area contributed by atoms with Gasteiger partial charge < -0.3 is 29.2 Å². The molecule has 0 radical (unpaired) electrons. The summed E-state index contributed by atoms with van der Waals surface area (Å²) in [5.74, 6) is 0.878. The molecule has 4 heterocycles. The normalized spacial score (nSPS) is 19.8. The SMILES string of the molecule is Cc1cccc(C)c1N(C(=O)C(N1CCN(CC(O)C(Cc2ccccc2)C2=COCO2)CC1)N1CCN(CC(O)C(Cc2ccccc2)C2=COCO2)CC1)c1c(C)cccc1C. The molecule has 0 aliphatic carbocycles. The van der Waals surface area contributed by atoms with Crippen LogP contribution in [0.3, 0.4) is 0 Å². The zero-order valence-corrected chi connectivity index (χ0v) is 37.9. The lowest BCUT2D eigenvalue weighted by atomic mass is 9.91. The highest BCUT2D eigenvalue weighted by Gasteiger charge is 2.41. The maximum absolute atomic E-state index is 15.9. The Balaban J connectivity index is 1.02. The number of β-amino-alcohol motifs (C(OH)–C–C–N with tert-alkyl or cyclic N) is 2. The van der Waals surface area contributed by atoms with Crippen molar-refractivity contribution in [1.29, 1.82) is 0 Å². The van der Waals surface area contributed by atoms with Crippen molar-refractivity contribution >= 4 is 17.3 Å². The van der Waals surface area contributed by atoms with Crippen LogP contribution in [0, 0.1) is 39.5 Å². The summed E-state index contributed by atoms with van der Waals surface area (Å²) in [6.45, 7) is 15.0. The van der Waals surface area contributed by atoms with E-state index in [0.717, 1.165) is 44.8 Å². The number of hydrogen-bond donors (Lipinski definition) is 2. The summed E-state index contributed by atoms with van der Waals surface area (Å²) in [4.78, 5) is 27.2. The Morgan fingerprint density at radius 2 is 0.922 bits per heavy atom. The standard InChI is InChI=1S/C52H65N5O7/c1-37-13-11-14-38(2)49(37)57(50-39(3)15-12-16-40(50)4)52(60)51(55-25-21-53(22-26-55)31-45(58)43(47-33-61-35-63-47)29-41-17-7-5-8-18-41)56-27-23-54(24-28-56)32-46(59)44(48-34-62-36-64-48)30-42-19-9-6-10-20-42/h5-20,33-34,43-46,51,58-59H,21-32,35-36H2,1-4H3. The van der Waals surface area contributed by atoms with Gasteiger partial charge in [-0.1, -0.05) is 97.1 Å². The maximum atomic E-state index is 15.9. The second-order valence-corrected chi connectivity index (χ2v) is 17.8. The quantitative estimate of drug-likeness (QED) is 0.125. The number of ether oxygens (including phenoxy) is 4. The highest BCUT2D eigenvalue weighted by Crippen LogP contribution is 2.38. The van der Waals surface area contributed by atoms with Crippen LogP contribution in [0.4, 0.5) is 11.4 Å². The Labute approximate surface area is 378 Å². The minimum atomic E-state index is -0.680. The average Bonchev–Trinajstić information content (AvgIpc) is 4.05. The Morgan fingerprint density at radius 3 is 1.27 bits per heavy atom. The molecule has 12 heteroatoms. The average molecular weight is 872 g/mol. The van der Waals surface area contributed by atoms with Gasteiger partial charge in [0.05, 0.1) is 35.4 Å². The predicted molar refractivity (Wildman–Crippen MR) is 248 cm³/mol. The van der Waals surface area contributed by atoms with Crippen LogP contribution >= 0.6 is 0 Å². The number of carbonyl (C=O) groups is 1. The molecular weight excluding hydrogens is 807 g/mol. The molecular formula is C52H65N5O7. The van der Waals surface area contributed by atoms with Gasteiger partial charge in [0, 0.05) is 65.4 Å². The Kier molecular flexibility index (Phi) is 15.0. The van der Waals surface area contributed by atoms with E-state index in [2.05, 4.69) is 108 Å². The first kappa shape index (κ1) is 45.4. The molecule has 4 atom stereocenters. The van der Waals surface area contributed by atoms with Gasteiger partial charge in [0.2, 0.25) is 13.6 Å². The molecule has 12 nitrogen and oxygen atoms in total. The van der Waals surface area contributed by atoms with Crippen molar-refractivity contribution in [1.82, 2.24) is 19.6 Å². The third-order valence-electron chi connectivity index (χ3n) is 13.4. The summed E-state index contributed by atoms with van der Waals surface area (Å²) < 4.78 is 22.5. The van der Waals surface area contributed by atoms with E-state index in [1.807, 2.05) is 41.3 Å². The second-order valence-electron chi connectivity index (χ2n) is 17.8. The number of piperazine rings is 2. The highest BCUT2D eigenvalue weighted by atomic mass is 16.7. The van der Waals surface area contributed by atoms with Gasteiger partial charge in [0.25, 0.3) is 5.91 Å². The zero-order valence-electron chi connectivity index (χ0n) is 37.9. The van der Waals surface area contributed by atoms with Crippen LogP contribution in [0.2, 0.25) is 0 Å². The van der Waals surface area contributed by atoms with Crippen LogP contribution in [0.1, 0.15) is 33.4 Å². The molecule has 2 saturated heterocycles. The van der Waals surface area contributed by atoms with Gasteiger partial charge >= 0.3 is 0 Å². The van der Waals surface area contributed by atoms with Crippen LogP contribution in [-0.2, 0) is 36.6 Å². The van der Waals surface area contributed by atoms with E-state index in [-0.39, 0.29) is 31.3 Å². The number of benzene rings is 4. The number of aliphatic hydroxyl groups excluding tert-OH is 2. The summed E-state index contributed by atoms with van der Waals surface area (Å²) in [6.07, 6.45) is 2.65. The molecule has 0 bridgehead atoms. The molecule has 4 aliphatic heterocycles. The van der Waals surface area contributed by atoms with Crippen molar-refractivity contribution < 1.29 is 34.0 Å².